The Hall–Kier alpha value is -1.82. The number of carbonyl (C=O) groups is 2. The molecule has 0 aromatic carbocycles. The molecule has 1 aromatic heterocycles. The highest BCUT2D eigenvalue weighted by Gasteiger charge is 2.36. The molecule has 1 saturated carbocycles. The Kier molecular flexibility index (Phi) is 5.46. The maximum Gasteiger partial charge on any atom is 0.248 e. The first-order valence-corrected chi connectivity index (χ1v) is 8.13. The Bertz CT molecular complexity index is 561. The molecule has 0 spiro atoms. The second-order valence-electron chi connectivity index (χ2n) is 6.57. The highest BCUT2D eigenvalue weighted by atomic mass is 16.3. The standard InChI is InChI=1S/C17H26N2O4/c1-10(2)19(9-14-8-5-11(3)23-14)17(22)15(12(4)20)18-16(21)13-6-7-13/h5,8,10,12-13,15,20H,6-7,9H2,1-4H3,(H,18,21). The number of aryl methyl sites for hydroxylation is 1. The van der Waals surface area contributed by atoms with Gasteiger partial charge in [-0.05, 0) is 52.7 Å². The highest BCUT2D eigenvalue weighted by Crippen LogP contribution is 2.29. The van der Waals surface area contributed by atoms with Crippen LogP contribution in [0.4, 0.5) is 0 Å². The molecule has 0 aliphatic heterocycles. The summed E-state index contributed by atoms with van der Waals surface area (Å²) in [5.74, 6) is 1.01. The van der Waals surface area contributed by atoms with E-state index in [1.54, 1.807) is 4.90 Å². The van der Waals surface area contributed by atoms with Crippen LogP contribution >= 0.6 is 0 Å². The van der Waals surface area contributed by atoms with Gasteiger partial charge in [0, 0.05) is 12.0 Å². The fourth-order valence-electron chi connectivity index (χ4n) is 2.44. The predicted octanol–water partition coefficient (Wildman–Crippen LogP) is 1.60. The average molecular weight is 322 g/mol. The van der Waals surface area contributed by atoms with Crippen LogP contribution in [0, 0.1) is 12.8 Å². The number of carbonyl (C=O) groups excluding carboxylic acids is 2. The summed E-state index contributed by atoms with van der Waals surface area (Å²) in [7, 11) is 0. The Morgan fingerprint density at radius 3 is 2.43 bits per heavy atom. The maximum absolute atomic E-state index is 12.8. The van der Waals surface area contributed by atoms with E-state index in [1.807, 2.05) is 32.9 Å². The molecule has 1 fully saturated rings. The Morgan fingerprint density at radius 2 is 2.00 bits per heavy atom. The molecule has 2 unspecified atom stereocenters. The average Bonchev–Trinajstić information content (AvgIpc) is 3.24. The van der Waals surface area contributed by atoms with Crippen LogP contribution in [-0.2, 0) is 16.1 Å². The van der Waals surface area contributed by atoms with Crippen LogP contribution in [0.1, 0.15) is 45.1 Å². The molecular formula is C17H26N2O4. The molecular weight excluding hydrogens is 296 g/mol. The van der Waals surface area contributed by atoms with E-state index in [9.17, 15) is 14.7 Å². The normalized spacial score (nSPS) is 17.0. The van der Waals surface area contributed by atoms with E-state index in [-0.39, 0.29) is 23.8 Å². The van der Waals surface area contributed by atoms with E-state index < -0.39 is 12.1 Å². The Morgan fingerprint density at radius 1 is 1.35 bits per heavy atom. The predicted molar refractivity (Wildman–Crippen MR) is 85.5 cm³/mol. The van der Waals surface area contributed by atoms with Crippen molar-refractivity contribution in [1.29, 1.82) is 0 Å². The molecule has 6 heteroatoms. The third-order valence-electron chi connectivity index (χ3n) is 4.02. The van der Waals surface area contributed by atoms with Gasteiger partial charge in [0.05, 0.1) is 12.6 Å². The monoisotopic (exact) mass is 322 g/mol. The van der Waals surface area contributed by atoms with Crippen molar-refractivity contribution in [2.24, 2.45) is 5.92 Å². The molecule has 1 aliphatic carbocycles. The molecule has 1 aliphatic rings. The van der Waals surface area contributed by atoms with Crippen LogP contribution in [-0.4, -0.2) is 40.0 Å². The Balaban J connectivity index is 2.10. The summed E-state index contributed by atoms with van der Waals surface area (Å²) in [6, 6.07) is 2.67. The van der Waals surface area contributed by atoms with Gasteiger partial charge in [0.1, 0.15) is 17.6 Å². The van der Waals surface area contributed by atoms with Crippen molar-refractivity contribution in [3.8, 4) is 0 Å². The minimum Gasteiger partial charge on any atom is -0.464 e. The van der Waals surface area contributed by atoms with Gasteiger partial charge in [0.15, 0.2) is 0 Å². The summed E-state index contributed by atoms with van der Waals surface area (Å²) >= 11 is 0. The van der Waals surface area contributed by atoms with Crippen LogP contribution in [0.2, 0.25) is 0 Å². The van der Waals surface area contributed by atoms with Crippen molar-refractivity contribution in [3.63, 3.8) is 0 Å². The van der Waals surface area contributed by atoms with Crippen molar-refractivity contribution in [2.75, 3.05) is 0 Å². The molecule has 6 nitrogen and oxygen atoms in total. The van der Waals surface area contributed by atoms with Gasteiger partial charge in [-0.25, -0.2) is 0 Å². The van der Waals surface area contributed by atoms with Crippen LogP contribution in [0.15, 0.2) is 16.5 Å². The first-order chi connectivity index (χ1) is 10.8. The lowest BCUT2D eigenvalue weighted by Gasteiger charge is -2.31. The molecule has 2 amide bonds. The summed E-state index contributed by atoms with van der Waals surface area (Å²) in [4.78, 5) is 26.4. The number of amides is 2. The van der Waals surface area contributed by atoms with Gasteiger partial charge in [-0.3, -0.25) is 9.59 Å². The van der Waals surface area contributed by atoms with E-state index in [0.717, 1.165) is 18.6 Å². The number of nitrogens with one attached hydrogen (secondary N) is 1. The van der Waals surface area contributed by atoms with Crippen molar-refractivity contribution in [1.82, 2.24) is 10.2 Å². The zero-order valence-corrected chi connectivity index (χ0v) is 14.2. The first-order valence-electron chi connectivity index (χ1n) is 8.13. The molecule has 0 radical (unpaired) electrons. The van der Waals surface area contributed by atoms with E-state index in [1.165, 1.54) is 6.92 Å². The fourth-order valence-corrected chi connectivity index (χ4v) is 2.44. The number of hydrogen-bond donors (Lipinski definition) is 2. The van der Waals surface area contributed by atoms with Crippen molar-refractivity contribution in [3.05, 3.63) is 23.7 Å². The lowest BCUT2D eigenvalue weighted by Crippen LogP contribution is -2.55. The molecule has 128 valence electrons. The van der Waals surface area contributed by atoms with Gasteiger partial charge in [0.25, 0.3) is 0 Å². The second-order valence-corrected chi connectivity index (χ2v) is 6.57. The zero-order chi connectivity index (χ0) is 17.1. The lowest BCUT2D eigenvalue weighted by atomic mass is 10.1. The number of aliphatic hydroxyl groups is 1. The summed E-state index contributed by atoms with van der Waals surface area (Å²) in [5, 5.41) is 12.6. The van der Waals surface area contributed by atoms with Gasteiger partial charge in [0.2, 0.25) is 11.8 Å². The highest BCUT2D eigenvalue weighted by molar-refractivity contribution is 5.89. The van der Waals surface area contributed by atoms with E-state index in [4.69, 9.17) is 4.42 Å². The molecule has 1 heterocycles. The topological polar surface area (TPSA) is 82.8 Å². The van der Waals surface area contributed by atoms with Crippen LogP contribution in [0.25, 0.3) is 0 Å². The molecule has 2 rings (SSSR count). The van der Waals surface area contributed by atoms with Gasteiger partial charge < -0.3 is 19.7 Å². The number of furan rings is 1. The van der Waals surface area contributed by atoms with Crippen molar-refractivity contribution >= 4 is 11.8 Å². The minimum absolute atomic E-state index is 0.00993. The molecule has 2 atom stereocenters. The van der Waals surface area contributed by atoms with Gasteiger partial charge >= 0.3 is 0 Å². The van der Waals surface area contributed by atoms with Crippen LogP contribution in [0.3, 0.4) is 0 Å². The number of rotatable bonds is 7. The molecule has 0 bridgehead atoms. The smallest absolute Gasteiger partial charge is 0.248 e. The summed E-state index contributed by atoms with van der Waals surface area (Å²) in [5.41, 5.74) is 0. The summed E-state index contributed by atoms with van der Waals surface area (Å²) in [6.07, 6.45) is 0.753. The summed E-state index contributed by atoms with van der Waals surface area (Å²) < 4.78 is 5.54. The van der Waals surface area contributed by atoms with Crippen LogP contribution in [0.5, 0.6) is 0 Å². The second kappa shape index (κ2) is 7.17. The largest absolute Gasteiger partial charge is 0.464 e. The maximum atomic E-state index is 12.8. The van der Waals surface area contributed by atoms with Crippen molar-refractivity contribution < 1.29 is 19.1 Å². The Labute approximate surface area is 136 Å². The van der Waals surface area contributed by atoms with Crippen molar-refractivity contribution in [2.45, 2.75) is 65.3 Å². The van der Waals surface area contributed by atoms with E-state index in [0.29, 0.717) is 12.3 Å². The van der Waals surface area contributed by atoms with Gasteiger partial charge in [-0.15, -0.1) is 0 Å². The molecule has 23 heavy (non-hydrogen) atoms. The summed E-state index contributed by atoms with van der Waals surface area (Å²) in [6.45, 7) is 7.47. The lowest BCUT2D eigenvalue weighted by molar-refractivity contribution is -0.142. The minimum atomic E-state index is -0.954. The zero-order valence-electron chi connectivity index (χ0n) is 14.2. The molecule has 0 saturated heterocycles. The third-order valence-corrected chi connectivity index (χ3v) is 4.02. The number of hydrogen-bond acceptors (Lipinski definition) is 4. The van der Waals surface area contributed by atoms with Gasteiger partial charge in [-0.1, -0.05) is 0 Å². The van der Waals surface area contributed by atoms with E-state index in [2.05, 4.69) is 5.32 Å². The third kappa shape index (κ3) is 4.58. The number of aliphatic hydroxyl groups excluding tert-OH is 1. The number of nitrogens with zero attached hydrogens (tertiary/aromatic N) is 1. The van der Waals surface area contributed by atoms with E-state index >= 15 is 0 Å². The SMILES string of the molecule is Cc1ccc(CN(C(=O)C(NC(=O)C2CC2)C(C)O)C(C)C)o1. The van der Waals surface area contributed by atoms with Gasteiger partial charge in [-0.2, -0.15) is 0 Å². The fraction of sp³-hybridized carbons (Fsp3) is 0.647. The quantitative estimate of drug-likeness (QED) is 0.799. The first kappa shape index (κ1) is 17.5. The van der Waals surface area contributed by atoms with Crippen LogP contribution < -0.4 is 5.32 Å². The molecule has 1 aromatic rings. The molecule has 2 N–H and O–H groups in total.